The number of nitrogens with one attached hydrogen (secondary N) is 2. The SMILES string of the molecule is NCCCCC(NC(=O)OCc1ccccc1)C(=O)c1noc(Cc2ccc(OC(=O)Nc3ccccc3)cc2)n1. The Morgan fingerprint density at radius 3 is 2.27 bits per heavy atom. The van der Waals surface area contributed by atoms with Crippen LogP contribution in [0.25, 0.3) is 0 Å². The Morgan fingerprint density at radius 1 is 0.854 bits per heavy atom. The van der Waals surface area contributed by atoms with Crippen molar-refractivity contribution in [3.05, 3.63) is 108 Å². The van der Waals surface area contributed by atoms with Gasteiger partial charge in [-0.2, -0.15) is 4.98 Å². The monoisotopic (exact) mass is 557 g/mol. The minimum Gasteiger partial charge on any atom is -0.445 e. The maximum Gasteiger partial charge on any atom is 0.417 e. The first kappa shape index (κ1) is 29.0. The largest absolute Gasteiger partial charge is 0.445 e. The molecule has 0 aliphatic rings. The van der Waals surface area contributed by atoms with Gasteiger partial charge in [-0.1, -0.05) is 65.8 Å². The lowest BCUT2D eigenvalue weighted by molar-refractivity contribution is 0.0896. The summed E-state index contributed by atoms with van der Waals surface area (Å²) in [5, 5.41) is 9.09. The Kier molecular flexibility index (Phi) is 10.6. The molecule has 11 heteroatoms. The fraction of sp³-hybridized carbons (Fsp3) is 0.233. The first-order valence-electron chi connectivity index (χ1n) is 13.2. The summed E-state index contributed by atoms with van der Waals surface area (Å²) in [6, 6.07) is 24.1. The van der Waals surface area contributed by atoms with Gasteiger partial charge in [0, 0.05) is 5.69 Å². The third-order valence-electron chi connectivity index (χ3n) is 5.97. The number of para-hydroxylation sites is 1. The fourth-order valence-electron chi connectivity index (χ4n) is 3.87. The lowest BCUT2D eigenvalue weighted by Crippen LogP contribution is -2.41. The first-order valence-corrected chi connectivity index (χ1v) is 13.2. The van der Waals surface area contributed by atoms with E-state index in [1.54, 1.807) is 48.5 Å². The van der Waals surface area contributed by atoms with Crippen molar-refractivity contribution in [2.45, 2.75) is 38.3 Å². The van der Waals surface area contributed by atoms with E-state index in [4.69, 9.17) is 19.7 Å². The maximum absolute atomic E-state index is 13.2. The molecule has 1 aromatic heterocycles. The summed E-state index contributed by atoms with van der Waals surface area (Å²) >= 11 is 0. The van der Waals surface area contributed by atoms with Gasteiger partial charge < -0.3 is 25.0 Å². The van der Waals surface area contributed by atoms with Crippen molar-refractivity contribution < 1.29 is 28.4 Å². The highest BCUT2D eigenvalue weighted by atomic mass is 16.6. The van der Waals surface area contributed by atoms with Gasteiger partial charge in [-0.15, -0.1) is 0 Å². The Balaban J connectivity index is 1.32. The van der Waals surface area contributed by atoms with Crippen LogP contribution in [0, 0.1) is 0 Å². The zero-order valence-electron chi connectivity index (χ0n) is 22.3. The van der Waals surface area contributed by atoms with Crippen LogP contribution in [0.2, 0.25) is 0 Å². The molecule has 0 bridgehead atoms. The Hall–Kier alpha value is -5.03. The summed E-state index contributed by atoms with van der Waals surface area (Å²) in [5.74, 6) is -0.0502. The predicted octanol–water partition coefficient (Wildman–Crippen LogP) is 4.88. The number of carbonyl (C=O) groups is 3. The molecule has 4 aromatic rings. The zero-order chi connectivity index (χ0) is 28.9. The minimum absolute atomic E-state index is 0.0737. The lowest BCUT2D eigenvalue weighted by atomic mass is 10.0. The molecule has 4 N–H and O–H groups in total. The van der Waals surface area contributed by atoms with Gasteiger partial charge in [-0.3, -0.25) is 10.1 Å². The number of aromatic nitrogens is 2. The number of unbranched alkanes of at least 4 members (excludes halogenated alkanes) is 1. The summed E-state index contributed by atoms with van der Waals surface area (Å²) in [6.07, 6.45) is 0.580. The molecule has 1 heterocycles. The van der Waals surface area contributed by atoms with Crippen molar-refractivity contribution in [3.8, 4) is 5.75 Å². The lowest BCUT2D eigenvalue weighted by Gasteiger charge is -2.16. The fourth-order valence-corrected chi connectivity index (χ4v) is 3.87. The van der Waals surface area contributed by atoms with Crippen molar-refractivity contribution in [2.75, 3.05) is 11.9 Å². The standard InChI is InChI=1S/C30H31N5O6/c31-18-8-7-13-25(33-29(37)39-20-22-9-3-1-4-10-22)27(36)28-34-26(41-35-28)19-21-14-16-24(17-15-21)40-30(38)32-23-11-5-2-6-12-23/h1-6,9-12,14-17,25H,7-8,13,18-20,31H2,(H,32,38)(H,33,37). The van der Waals surface area contributed by atoms with Crippen LogP contribution in [0.3, 0.4) is 0 Å². The highest BCUT2D eigenvalue weighted by molar-refractivity contribution is 5.98. The number of anilines is 1. The summed E-state index contributed by atoms with van der Waals surface area (Å²) in [7, 11) is 0. The molecule has 0 radical (unpaired) electrons. The number of Topliss-reactive ketones (excluding diaryl/α,β-unsaturated/α-hetero) is 1. The highest BCUT2D eigenvalue weighted by Crippen LogP contribution is 2.17. The zero-order valence-corrected chi connectivity index (χ0v) is 22.3. The average molecular weight is 558 g/mol. The minimum atomic E-state index is -0.895. The molecule has 3 aromatic carbocycles. The second kappa shape index (κ2) is 14.9. The van der Waals surface area contributed by atoms with Gasteiger partial charge in [0.1, 0.15) is 12.4 Å². The number of ether oxygens (including phenoxy) is 2. The van der Waals surface area contributed by atoms with E-state index in [0.717, 1.165) is 11.1 Å². The number of hydrogen-bond donors (Lipinski definition) is 3. The van der Waals surface area contributed by atoms with Crippen molar-refractivity contribution in [3.63, 3.8) is 0 Å². The smallest absolute Gasteiger partial charge is 0.417 e. The third-order valence-corrected chi connectivity index (χ3v) is 5.97. The van der Waals surface area contributed by atoms with E-state index in [1.165, 1.54) is 0 Å². The Labute approximate surface area is 237 Å². The van der Waals surface area contributed by atoms with Gasteiger partial charge in [-0.25, -0.2) is 9.59 Å². The normalized spacial score (nSPS) is 11.3. The van der Waals surface area contributed by atoms with Crippen LogP contribution in [-0.2, 0) is 17.8 Å². The quantitative estimate of drug-likeness (QED) is 0.154. The molecule has 2 amide bonds. The van der Waals surface area contributed by atoms with Crippen LogP contribution in [0.1, 0.15) is 46.9 Å². The topological polar surface area (TPSA) is 159 Å². The van der Waals surface area contributed by atoms with Crippen LogP contribution in [-0.4, -0.2) is 40.7 Å². The second-order valence-corrected chi connectivity index (χ2v) is 9.12. The van der Waals surface area contributed by atoms with E-state index < -0.39 is 24.0 Å². The number of carbonyl (C=O) groups excluding carboxylic acids is 3. The van der Waals surface area contributed by atoms with Gasteiger partial charge in [0.25, 0.3) is 0 Å². The van der Waals surface area contributed by atoms with Gasteiger partial charge in [0.2, 0.25) is 17.5 Å². The van der Waals surface area contributed by atoms with Gasteiger partial charge in [0.05, 0.1) is 12.5 Å². The van der Waals surface area contributed by atoms with Crippen LogP contribution in [0.5, 0.6) is 5.75 Å². The van der Waals surface area contributed by atoms with Crippen LogP contribution >= 0.6 is 0 Å². The van der Waals surface area contributed by atoms with Crippen molar-refractivity contribution in [1.29, 1.82) is 0 Å². The second-order valence-electron chi connectivity index (χ2n) is 9.12. The molecular weight excluding hydrogens is 526 g/mol. The van der Waals surface area contributed by atoms with Gasteiger partial charge in [0.15, 0.2) is 0 Å². The number of hydrogen-bond acceptors (Lipinski definition) is 9. The summed E-state index contributed by atoms with van der Waals surface area (Å²) in [6.45, 7) is 0.539. The van der Waals surface area contributed by atoms with E-state index in [2.05, 4.69) is 20.8 Å². The first-order chi connectivity index (χ1) is 20.0. The average Bonchev–Trinajstić information content (AvgIpc) is 3.46. The van der Waals surface area contributed by atoms with E-state index in [0.29, 0.717) is 37.2 Å². The molecule has 0 spiro atoms. The molecule has 212 valence electrons. The number of nitrogens with two attached hydrogens (primary N) is 1. The van der Waals surface area contributed by atoms with E-state index >= 15 is 0 Å². The molecule has 0 aliphatic heterocycles. The highest BCUT2D eigenvalue weighted by Gasteiger charge is 2.27. The summed E-state index contributed by atoms with van der Waals surface area (Å²) < 4.78 is 15.9. The molecule has 4 rings (SSSR count). The molecule has 0 fully saturated rings. The number of ketones is 1. The van der Waals surface area contributed by atoms with Crippen molar-refractivity contribution in [1.82, 2.24) is 15.5 Å². The molecule has 0 saturated heterocycles. The van der Waals surface area contributed by atoms with Gasteiger partial charge >= 0.3 is 12.2 Å². The van der Waals surface area contributed by atoms with E-state index in [-0.39, 0.29) is 24.7 Å². The molecule has 11 nitrogen and oxygen atoms in total. The van der Waals surface area contributed by atoms with Crippen LogP contribution in [0.15, 0.2) is 89.5 Å². The maximum atomic E-state index is 13.2. The van der Waals surface area contributed by atoms with Gasteiger partial charge in [-0.05, 0) is 61.2 Å². The van der Waals surface area contributed by atoms with Crippen molar-refractivity contribution in [2.24, 2.45) is 5.73 Å². The van der Waals surface area contributed by atoms with Crippen molar-refractivity contribution >= 4 is 23.7 Å². The third kappa shape index (κ3) is 9.29. The van der Waals surface area contributed by atoms with E-state index in [9.17, 15) is 14.4 Å². The molecular formula is C30H31N5O6. The molecule has 41 heavy (non-hydrogen) atoms. The molecule has 1 atom stereocenters. The molecule has 0 saturated carbocycles. The number of rotatable bonds is 13. The predicted molar refractivity (Wildman–Crippen MR) is 150 cm³/mol. The Bertz CT molecular complexity index is 1410. The van der Waals surface area contributed by atoms with Crippen LogP contribution in [0.4, 0.5) is 15.3 Å². The summed E-state index contributed by atoms with van der Waals surface area (Å²) in [4.78, 5) is 41.9. The summed E-state index contributed by atoms with van der Waals surface area (Å²) in [5.41, 5.74) is 7.84. The number of nitrogens with zero attached hydrogens (tertiary/aromatic N) is 2. The number of benzene rings is 3. The number of amides is 2. The Morgan fingerprint density at radius 2 is 1.56 bits per heavy atom. The van der Waals surface area contributed by atoms with Crippen LogP contribution < -0.4 is 21.1 Å². The number of alkyl carbamates (subject to hydrolysis) is 1. The van der Waals surface area contributed by atoms with E-state index in [1.807, 2.05) is 36.4 Å². The molecule has 1 unspecified atom stereocenters. The molecule has 0 aliphatic carbocycles.